The molecule has 1 aliphatic carbocycles. The van der Waals surface area contributed by atoms with Crippen LogP contribution in [0.3, 0.4) is 0 Å². The minimum Gasteiger partial charge on any atom is -0.451 e. The van der Waals surface area contributed by atoms with E-state index in [1.165, 1.54) is 17.5 Å². The van der Waals surface area contributed by atoms with Crippen LogP contribution >= 0.6 is 0 Å². The van der Waals surface area contributed by atoms with Gasteiger partial charge in [0.05, 0.1) is 0 Å². The van der Waals surface area contributed by atoms with Crippen LogP contribution in [0.4, 0.5) is 0 Å². The molecule has 0 spiro atoms. The summed E-state index contributed by atoms with van der Waals surface area (Å²) >= 11 is 0. The lowest BCUT2D eigenvalue weighted by Gasteiger charge is -2.34. The summed E-state index contributed by atoms with van der Waals surface area (Å²) in [4.78, 5) is 8.41. The highest BCUT2D eigenvalue weighted by Gasteiger charge is 2.36. The molecule has 1 aliphatic rings. The van der Waals surface area contributed by atoms with Gasteiger partial charge < -0.3 is 4.42 Å². The van der Waals surface area contributed by atoms with Crippen LogP contribution in [0, 0.1) is 0 Å². The second-order valence-electron chi connectivity index (χ2n) is 6.42. The first-order chi connectivity index (χ1) is 12.9. The summed E-state index contributed by atoms with van der Waals surface area (Å²) in [5, 5.41) is 7.69. The average Bonchev–Trinajstić information content (AvgIpc) is 3.38. The van der Waals surface area contributed by atoms with Crippen molar-refractivity contribution in [2.45, 2.75) is 11.8 Å². The number of benzene rings is 1. The molecule has 3 heterocycles. The predicted molar refractivity (Wildman–Crippen MR) is 98.3 cm³/mol. The molecule has 5 rings (SSSR count). The van der Waals surface area contributed by atoms with E-state index in [4.69, 9.17) is 4.42 Å². The summed E-state index contributed by atoms with van der Waals surface area (Å²) in [6.45, 7) is 0. The first kappa shape index (κ1) is 14.8. The van der Waals surface area contributed by atoms with Crippen molar-refractivity contribution in [3.05, 3.63) is 96.0 Å². The Labute approximate surface area is 150 Å². The Morgan fingerprint density at radius 2 is 1.81 bits per heavy atom. The Bertz CT molecular complexity index is 1010. The first-order valence-electron chi connectivity index (χ1n) is 8.48. The lowest BCUT2D eigenvalue weighted by atomic mass is 9.68. The molecule has 0 fully saturated rings. The molecule has 0 aliphatic heterocycles. The van der Waals surface area contributed by atoms with Gasteiger partial charge in [0.2, 0.25) is 0 Å². The number of pyridine rings is 1. The SMILES string of the molecule is C1=CC(c2ccccc2)(c2ccncc2)Cc2[nH]nc(-c3cocn3)c21. The number of hydrogen-bond acceptors (Lipinski definition) is 4. The molecule has 1 aromatic carbocycles. The minimum absolute atomic E-state index is 0.259. The molecule has 1 N–H and O–H groups in total. The van der Waals surface area contributed by atoms with Crippen LogP contribution < -0.4 is 0 Å². The van der Waals surface area contributed by atoms with E-state index < -0.39 is 0 Å². The summed E-state index contributed by atoms with van der Waals surface area (Å²) in [6.07, 6.45) is 11.9. The van der Waals surface area contributed by atoms with E-state index in [1.807, 2.05) is 18.5 Å². The normalized spacial score (nSPS) is 18.6. The van der Waals surface area contributed by atoms with Crippen LogP contribution in [0.1, 0.15) is 22.4 Å². The minimum atomic E-state index is -0.259. The quantitative estimate of drug-likeness (QED) is 0.612. The number of aromatic nitrogens is 4. The van der Waals surface area contributed by atoms with Gasteiger partial charge >= 0.3 is 0 Å². The molecule has 5 heteroatoms. The number of H-pyrrole nitrogens is 1. The Hall–Kier alpha value is -3.47. The van der Waals surface area contributed by atoms with E-state index in [0.29, 0.717) is 0 Å². The highest BCUT2D eigenvalue weighted by Crippen LogP contribution is 2.42. The van der Waals surface area contributed by atoms with Crippen molar-refractivity contribution in [2.75, 3.05) is 0 Å². The number of aromatic amines is 1. The van der Waals surface area contributed by atoms with Crippen molar-refractivity contribution in [1.29, 1.82) is 0 Å². The molecule has 4 aromatic rings. The van der Waals surface area contributed by atoms with Gasteiger partial charge in [-0.1, -0.05) is 42.5 Å². The molecule has 1 unspecified atom stereocenters. The van der Waals surface area contributed by atoms with E-state index in [2.05, 4.69) is 68.7 Å². The molecule has 3 aromatic heterocycles. The second kappa shape index (κ2) is 5.81. The van der Waals surface area contributed by atoms with E-state index in [1.54, 1.807) is 6.26 Å². The number of allylic oxidation sites excluding steroid dienone is 1. The number of hydrogen-bond donors (Lipinski definition) is 1. The van der Waals surface area contributed by atoms with Gasteiger partial charge in [-0.3, -0.25) is 10.1 Å². The number of nitrogens with one attached hydrogen (secondary N) is 1. The highest BCUT2D eigenvalue weighted by molar-refractivity contribution is 5.74. The van der Waals surface area contributed by atoms with Gasteiger partial charge in [0.25, 0.3) is 0 Å². The van der Waals surface area contributed by atoms with Gasteiger partial charge in [-0.15, -0.1) is 0 Å². The maximum atomic E-state index is 5.11. The topological polar surface area (TPSA) is 67.6 Å². The fraction of sp³-hybridized carbons (Fsp3) is 0.0952. The standard InChI is InChI=1S/C21H16N4O/c1-2-4-15(5-3-1)21(16-7-10-22-11-8-16)9-6-17-18(12-21)24-25-20(17)19-13-26-14-23-19/h1-11,13-14H,12H2,(H,24,25). The Balaban J connectivity index is 1.67. The van der Waals surface area contributed by atoms with Gasteiger partial charge in [0.1, 0.15) is 17.7 Å². The highest BCUT2D eigenvalue weighted by atomic mass is 16.3. The van der Waals surface area contributed by atoms with Crippen molar-refractivity contribution >= 4 is 6.08 Å². The molecule has 5 nitrogen and oxygen atoms in total. The number of rotatable bonds is 3. The van der Waals surface area contributed by atoms with Gasteiger partial charge in [0, 0.05) is 35.5 Å². The second-order valence-corrected chi connectivity index (χ2v) is 6.42. The smallest absolute Gasteiger partial charge is 0.181 e. The van der Waals surface area contributed by atoms with Gasteiger partial charge in [-0.25, -0.2) is 4.98 Å². The van der Waals surface area contributed by atoms with Crippen molar-refractivity contribution in [3.63, 3.8) is 0 Å². The lowest BCUT2D eigenvalue weighted by Crippen LogP contribution is -2.30. The summed E-state index contributed by atoms with van der Waals surface area (Å²) in [6, 6.07) is 14.7. The maximum Gasteiger partial charge on any atom is 0.181 e. The van der Waals surface area contributed by atoms with Crippen LogP contribution in [0.15, 0.2) is 78.0 Å². The Morgan fingerprint density at radius 3 is 2.58 bits per heavy atom. The van der Waals surface area contributed by atoms with Crippen molar-refractivity contribution in [1.82, 2.24) is 20.2 Å². The summed E-state index contributed by atoms with van der Waals surface area (Å²) in [5.41, 5.74) is 5.91. The van der Waals surface area contributed by atoms with E-state index >= 15 is 0 Å². The molecule has 0 bridgehead atoms. The Kier molecular flexibility index (Phi) is 3.31. The number of nitrogens with zero attached hydrogens (tertiary/aromatic N) is 3. The van der Waals surface area contributed by atoms with E-state index in [0.717, 1.165) is 29.1 Å². The maximum absolute atomic E-state index is 5.11. The van der Waals surface area contributed by atoms with Crippen LogP contribution in [0.5, 0.6) is 0 Å². The fourth-order valence-corrected chi connectivity index (χ4v) is 3.74. The molecule has 1 atom stereocenters. The molecular weight excluding hydrogens is 324 g/mol. The van der Waals surface area contributed by atoms with E-state index in [9.17, 15) is 0 Å². The lowest BCUT2D eigenvalue weighted by molar-refractivity contribution is 0.558. The molecule has 0 saturated heterocycles. The zero-order chi connectivity index (χ0) is 17.4. The molecule has 126 valence electrons. The van der Waals surface area contributed by atoms with Crippen LogP contribution in [-0.4, -0.2) is 20.2 Å². The molecular formula is C21H16N4O. The zero-order valence-corrected chi connectivity index (χ0v) is 14.0. The van der Waals surface area contributed by atoms with Crippen LogP contribution in [0.25, 0.3) is 17.5 Å². The fourth-order valence-electron chi connectivity index (χ4n) is 3.74. The van der Waals surface area contributed by atoms with Crippen LogP contribution in [-0.2, 0) is 11.8 Å². The molecule has 0 amide bonds. The summed E-state index contributed by atoms with van der Waals surface area (Å²) < 4.78 is 5.11. The average molecular weight is 340 g/mol. The number of oxazole rings is 1. The molecule has 0 saturated carbocycles. The predicted octanol–water partition coefficient (Wildman–Crippen LogP) is 4.02. The first-order valence-corrected chi connectivity index (χ1v) is 8.48. The van der Waals surface area contributed by atoms with Crippen molar-refractivity contribution in [3.8, 4) is 11.4 Å². The third-order valence-corrected chi connectivity index (χ3v) is 5.03. The van der Waals surface area contributed by atoms with Gasteiger partial charge in [0.15, 0.2) is 6.39 Å². The third-order valence-electron chi connectivity index (χ3n) is 5.03. The van der Waals surface area contributed by atoms with Crippen molar-refractivity contribution < 1.29 is 4.42 Å². The van der Waals surface area contributed by atoms with Gasteiger partial charge in [-0.2, -0.15) is 5.10 Å². The summed E-state index contributed by atoms with van der Waals surface area (Å²) in [5.74, 6) is 0. The van der Waals surface area contributed by atoms with E-state index in [-0.39, 0.29) is 5.41 Å². The van der Waals surface area contributed by atoms with Crippen molar-refractivity contribution in [2.24, 2.45) is 0 Å². The summed E-state index contributed by atoms with van der Waals surface area (Å²) in [7, 11) is 0. The Morgan fingerprint density at radius 1 is 1.00 bits per heavy atom. The van der Waals surface area contributed by atoms with Gasteiger partial charge in [-0.05, 0) is 23.3 Å². The third kappa shape index (κ3) is 2.21. The zero-order valence-electron chi connectivity index (χ0n) is 14.0. The molecule has 0 radical (unpaired) electrons. The largest absolute Gasteiger partial charge is 0.451 e. The monoisotopic (exact) mass is 340 g/mol. The number of fused-ring (bicyclic) bond motifs is 1. The molecule has 26 heavy (non-hydrogen) atoms. The van der Waals surface area contributed by atoms with Crippen LogP contribution in [0.2, 0.25) is 0 Å².